The Labute approximate surface area is 208 Å². The first-order chi connectivity index (χ1) is 17.3. The molecular formula is C32H34N2O. The van der Waals surface area contributed by atoms with Crippen molar-refractivity contribution < 1.29 is 4.79 Å². The molecule has 178 valence electrons. The van der Waals surface area contributed by atoms with Crippen molar-refractivity contribution >= 4 is 16.7 Å². The minimum Gasteiger partial charge on any atom is -0.348 e. The zero-order valence-corrected chi connectivity index (χ0v) is 20.3. The van der Waals surface area contributed by atoms with E-state index in [1.54, 1.807) is 0 Å². The summed E-state index contributed by atoms with van der Waals surface area (Å²) in [4.78, 5) is 15.5. The van der Waals surface area contributed by atoms with Crippen LogP contribution in [-0.4, -0.2) is 36.5 Å². The lowest BCUT2D eigenvalue weighted by atomic mass is 9.87. The third kappa shape index (κ3) is 5.80. The fourth-order valence-electron chi connectivity index (χ4n) is 5.42. The molecule has 1 amide bonds. The maximum absolute atomic E-state index is 13.0. The summed E-state index contributed by atoms with van der Waals surface area (Å²) >= 11 is 0. The van der Waals surface area contributed by atoms with Gasteiger partial charge in [0, 0.05) is 30.6 Å². The van der Waals surface area contributed by atoms with Crippen molar-refractivity contribution in [2.45, 2.75) is 37.6 Å². The number of hydrogen-bond donors (Lipinski definition) is 1. The van der Waals surface area contributed by atoms with E-state index in [9.17, 15) is 4.79 Å². The third-order valence-corrected chi connectivity index (χ3v) is 7.26. The lowest BCUT2D eigenvalue weighted by Crippen LogP contribution is -2.37. The summed E-state index contributed by atoms with van der Waals surface area (Å²) in [5, 5.41) is 5.42. The van der Waals surface area contributed by atoms with E-state index in [-0.39, 0.29) is 11.9 Å². The van der Waals surface area contributed by atoms with Crippen molar-refractivity contribution in [1.29, 1.82) is 0 Å². The number of unbranched alkanes of at least 4 members (excludes halogenated alkanes) is 1. The Balaban J connectivity index is 1.11. The molecule has 0 bridgehead atoms. The quantitative estimate of drug-likeness (QED) is 0.283. The molecule has 1 unspecified atom stereocenters. The highest BCUT2D eigenvalue weighted by Crippen LogP contribution is 2.29. The normalized spacial score (nSPS) is 16.1. The van der Waals surface area contributed by atoms with Crippen molar-refractivity contribution in [2.75, 3.05) is 19.6 Å². The van der Waals surface area contributed by atoms with Gasteiger partial charge in [0.1, 0.15) is 0 Å². The highest BCUT2D eigenvalue weighted by Gasteiger charge is 2.24. The van der Waals surface area contributed by atoms with E-state index in [1.807, 2.05) is 30.3 Å². The summed E-state index contributed by atoms with van der Waals surface area (Å²) < 4.78 is 0. The Kier molecular flexibility index (Phi) is 7.55. The Morgan fingerprint density at radius 3 is 2.20 bits per heavy atom. The van der Waals surface area contributed by atoms with Crippen molar-refractivity contribution in [3.63, 3.8) is 0 Å². The molecule has 4 aromatic rings. The monoisotopic (exact) mass is 462 g/mol. The number of carbonyl (C=O) groups is 1. The van der Waals surface area contributed by atoms with Crippen molar-refractivity contribution in [3.05, 3.63) is 120 Å². The SMILES string of the molecule is O=C(NC1CCN(CCCCC(c2ccccc2)c2ccccc2)C1)c1cccc2ccccc12. The number of likely N-dealkylation sites (tertiary alicyclic amines) is 1. The second-order valence-electron chi connectivity index (χ2n) is 9.66. The number of nitrogens with zero attached hydrogens (tertiary/aromatic N) is 1. The van der Waals surface area contributed by atoms with Crippen LogP contribution in [0.3, 0.4) is 0 Å². The Hall–Kier alpha value is -3.43. The largest absolute Gasteiger partial charge is 0.348 e. The van der Waals surface area contributed by atoms with Crippen LogP contribution in [0.1, 0.15) is 53.1 Å². The first-order valence-corrected chi connectivity index (χ1v) is 12.9. The molecule has 1 aliphatic rings. The molecule has 1 fully saturated rings. The van der Waals surface area contributed by atoms with E-state index in [0.717, 1.165) is 48.8 Å². The van der Waals surface area contributed by atoms with Gasteiger partial charge in [0.2, 0.25) is 0 Å². The van der Waals surface area contributed by atoms with Crippen LogP contribution in [0.2, 0.25) is 0 Å². The molecule has 35 heavy (non-hydrogen) atoms. The summed E-state index contributed by atoms with van der Waals surface area (Å²) in [6, 6.07) is 36.0. The number of rotatable bonds is 9. The average molecular weight is 463 g/mol. The standard InChI is InChI=1S/C32H34N2O/c35-32(31-20-11-17-27-16-7-8-19-30(27)31)33-28-21-23-34(24-28)22-10-9-18-29(25-12-3-1-4-13-25)26-14-5-2-6-15-26/h1-8,11-17,19-20,28-29H,9-10,18,21-24H2,(H,33,35). The summed E-state index contributed by atoms with van der Waals surface area (Å²) in [7, 11) is 0. The molecular weight excluding hydrogens is 428 g/mol. The van der Waals surface area contributed by atoms with Crippen molar-refractivity contribution in [2.24, 2.45) is 0 Å². The van der Waals surface area contributed by atoms with Gasteiger partial charge in [0.25, 0.3) is 5.91 Å². The summed E-state index contributed by atoms with van der Waals surface area (Å²) in [5.74, 6) is 0.492. The van der Waals surface area contributed by atoms with E-state index in [1.165, 1.54) is 24.0 Å². The van der Waals surface area contributed by atoms with Gasteiger partial charge < -0.3 is 10.2 Å². The fraction of sp³-hybridized carbons (Fsp3) is 0.281. The van der Waals surface area contributed by atoms with Crippen LogP contribution in [0.4, 0.5) is 0 Å². The van der Waals surface area contributed by atoms with Crippen LogP contribution in [0, 0.1) is 0 Å². The minimum absolute atomic E-state index is 0.0437. The molecule has 0 aliphatic carbocycles. The summed E-state index contributed by atoms with van der Waals surface area (Å²) in [6.07, 6.45) is 4.55. The molecule has 3 heteroatoms. The maximum Gasteiger partial charge on any atom is 0.252 e. The van der Waals surface area contributed by atoms with Gasteiger partial charge in [0.15, 0.2) is 0 Å². The van der Waals surface area contributed by atoms with Crippen LogP contribution in [-0.2, 0) is 0 Å². The number of carbonyl (C=O) groups excluding carboxylic acids is 1. The van der Waals surface area contributed by atoms with E-state index in [4.69, 9.17) is 0 Å². The van der Waals surface area contributed by atoms with Gasteiger partial charge in [-0.2, -0.15) is 0 Å². The number of fused-ring (bicyclic) bond motifs is 1. The van der Waals surface area contributed by atoms with Gasteiger partial charge in [-0.05, 0) is 53.8 Å². The average Bonchev–Trinajstić information content (AvgIpc) is 3.36. The lowest BCUT2D eigenvalue weighted by molar-refractivity contribution is 0.0939. The minimum atomic E-state index is 0.0437. The molecule has 0 aromatic heterocycles. The summed E-state index contributed by atoms with van der Waals surface area (Å²) in [6.45, 7) is 3.09. The molecule has 5 rings (SSSR count). The van der Waals surface area contributed by atoms with Gasteiger partial charge in [0.05, 0.1) is 0 Å². The lowest BCUT2D eigenvalue weighted by Gasteiger charge is -2.20. The molecule has 4 aromatic carbocycles. The van der Waals surface area contributed by atoms with Gasteiger partial charge in [-0.1, -0.05) is 103 Å². The molecule has 1 N–H and O–H groups in total. The molecule has 1 saturated heterocycles. The van der Waals surface area contributed by atoms with Crippen molar-refractivity contribution in [3.8, 4) is 0 Å². The maximum atomic E-state index is 13.0. The second-order valence-corrected chi connectivity index (χ2v) is 9.66. The van der Waals surface area contributed by atoms with Crippen LogP contribution >= 0.6 is 0 Å². The number of hydrogen-bond acceptors (Lipinski definition) is 2. The third-order valence-electron chi connectivity index (χ3n) is 7.26. The highest BCUT2D eigenvalue weighted by atomic mass is 16.1. The number of benzene rings is 4. The van der Waals surface area contributed by atoms with Gasteiger partial charge in [-0.25, -0.2) is 0 Å². The molecule has 1 atom stereocenters. The van der Waals surface area contributed by atoms with Crippen LogP contribution < -0.4 is 5.32 Å². The molecule has 1 aliphatic heterocycles. The molecule has 0 saturated carbocycles. The van der Waals surface area contributed by atoms with Crippen LogP contribution in [0.15, 0.2) is 103 Å². The first kappa shape index (κ1) is 23.3. The number of amides is 1. The van der Waals surface area contributed by atoms with Crippen LogP contribution in [0.25, 0.3) is 10.8 Å². The van der Waals surface area contributed by atoms with Crippen LogP contribution in [0.5, 0.6) is 0 Å². The first-order valence-electron chi connectivity index (χ1n) is 12.9. The summed E-state index contributed by atoms with van der Waals surface area (Å²) in [5.41, 5.74) is 3.57. The Morgan fingerprint density at radius 2 is 1.46 bits per heavy atom. The van der Waals surface area contributed by atoms with Crippen molar-refractivity contribution in [1.82, 2.24) is 10.2 Å². The zero-order chi connectivity index (χ0) is 23.9. The van der Waals surface area contributed by atoms with Gasteiger partial charge in [-0.3, -0.25) is 4.79 Å². The second kappa shape index (κ2) is 11.3. The van der Waals surface area contributed by atoms with Gasteiger partial charge in [-0.15, -0.1) is 0 Å². The number of nitrogens with one attached hydrogen (secondary N) is 1. The smallest absolute Gasteiger partial charge is 0.252 e. The zero-order valence-electron chi connectivity index (χ0n) is 20.3. The topological polar surface area (TPSA) is 32.3 Å². The van der Waals surface area contributed by atoms with Gasteiger partial charge >= 0.3 is 0 Å². The predicted molar refractivity (Wildman–Crippen MR) is 145 cm³/mol. The molecule has 3 nitrogen and oxygen atoms in total. The molecule has 0 radical (unpaired) electrons. The van der Waals surface area contributed by atoms with E-state index >= 15 is 0 Å². The highest BCUT2D eigenvalue weighted by molar-refractivity contribution is 6.07. The fourth-order valence-corrected chi connectivity index (χ4v) is 5.42. The van der Waals surface area contributed by atoms with E-state index in [0.29, 0.717) is 5.92 Å². The van der Waals surface area contributed by atoms with E-state index < -0.39 is 0 Å². The Morgan fingerprint density at radius 1 is 0.800 bits per heavy atom. The molecule has 1 heterocycles. The molecule has 0 spiro atoms. The Bertz CT molecular complexity index is 1190. The predicted octanol–water partition coefficient (Wildman–Crippen LogP) is 6.65. The van der Waals surface area contributed by atoms with E-state index in [2.05, 4.69) is 83.0 Å².